The second-order valence-electron chi connectivity index (χ2n) is 5.70. The standard InChI is InChI=1S/C17H25NO4/c1-12-15(6-5-9-22-12)17(19)18(2)11-13-7-8-14(20-3)10-16(13)21-4/h7-8,10,12,15H,5-6,9,11H2,1-4H3/t12-,15+/m0/s1. The molecule has 0 spiro atoms. The maximum atomic E-state index is 12.6. The van der Waals surface area contributed by atoms with Gasteiger partial charge in [0.05, 0.1) is 26.2 Å². The smallest absolute Gasteiger partial charge is 0.228 e. The van der Waals surface area contributed by atoms with Crippen LogP contribution in [-0.2, 0) is 16.1 Å². The van der Waals surface area contributed by atoms with E-state index in [0.29, 0.717) is 6.54 Å². The zero-order valence-corrected chi connectivity index (χ0v) is 13.8. The molecule has 0 saturated carbocycles. The van der Waals surface area contributed by atoms with Crippen molar-refractivity contribution in [2.24, 2.45) is 5.92 Å². The van der Waals surface area contributed by atoms with E-state index in [4.69, 9.17) is 14.2 Å². The Morgan fingerprint density at radius 2 is 2.14 bits per heavy atom. The molecule has 1 aromatic rings. The van der Waals surface area contributed by atoms with Crippen LogP contribution in [0.4, 0.5) is 0 Å². The number of nitrogens with zero attached hydrogens (tertiary/aromatic N) is 1. The molecule has 1 aliphatic heterocycles. The van der Waals surface area contributed by atoms with Gasteiger partial charge < -0.3 is 19.1 Å². The normalized spacial score (nSPS) is 21.3. The Hall–Kier alpha value is -1.75. The molecular weight excluding hydrogens is 282 g/mol. The lowest BCUT2D eigenvalue weighted by molar-refractivity contribution is -0.143. The number of rotatable bonds is 5. The number of amides is 1. The molecule has 2 atom stereocenters. The van der Waals surface area contributed by atoms with E-state index in [1.807, 2.05) is 32.2 Å². The molecule has 1 aliphatic rings. The minimum Gasteiger partial charge on any atom is -0.497 e. The van der Waals surface area contributed by atoms with E-state index in [1.54, 1.807) is 19.1 Å². The van der Waals surface area contributed by atoms with Crippen molar-refractivity contribution in [1.82, 2.24) is 4.90 Å². The molecule has 1 aromatic carbocycles. The van der Waals surface area contributed by atoms with Gasteiger partial charge in [0.2, 0.25) is 5.91 Å². The van der Waals surface area contributed by atoms with Crippen molar-refractivity contribution in [1.29, 1.82) is 0 Å². The maximum absolute atomic E-state index is 12.6. The molecule has 0 unspecified atom stereocenters. The van der Waals surface area contributed by atoms with Gasteiger partial charge in [-0.3, -0.25) is 4.79 Å². The predicted molar refractivity (Wildman–Crippen MR) is 84.2 cm³/mol. The molecule has 1 amide bonds. The van der Waals surface area contributed by atoms with E-state index >= 15 is 0 Å². The van der Waals surface area contributed by atoms with E-state index in [9.17, 15) is 4.79 Å². The quantitative estimate of drug-likeness (QED) is 0.838. The van der Waals surface area contributed by atoms with Crippen molar-refractivity contribution >= 4 is 5.91 Å². The lowest BCUT2D eigenvalue weighted by Gasteiger charge is -2.31. The molecule has 5 heteroatoms. The third-order valence-electron chi connectivity index (χ3n) is 4.20. The summed E-state index contributed by atoms with van der Waals surface area (Å²) in [6, 6.07) is 5.64. The van der Waals surface area contributed by atoms with Crippen molar-refractivity contribution in [3.63, 3.8) is 0 Å². The summed E-state index contributed by atoms with van der Waals surface area (Å²) in [6.07, 6.45) is 1.83. The van der Waals surface area contributed by atoms with Gasteiger partial charge in [0.25, 0.3) is 0 Å². The Labute approximate surface area is 132 Å². The number of hydrogen-bond acceptors (Lipinski definition) is 4. The Kier molecular flexibility index (Phi) is 5.66. The summed E-state index contributed by atoms with van der Waals surface area (Å²) in [7, 11) is 5.07. The number of benzene rings is 1. The van der Waals surface area contributed by atoms with Crippen LogP contribution < -0.4 is 9.47 Å². The number of ether oxygens (including phenoxy) is 3. The molecule has 122 valence electrons. The number of hydrogen-bond donors (Lipinski definition) is 0. The van der Waals surface area contributed by atoms with Gasteiger partial charge in [-0.2, -0.15) is 0 Å². The highest BCUT2D eigenvalue weighted by Gasteiger charge is 2.30. The van der Waals surface area contributed by atoms with E-state index in [1.165, 1.54) is 0 Å². The van der Waals surface area contributed by atoms with Crippen LogP contribution in [0.3, 0.4) is 0 Å². The first-order chi connectivity index (χ1) is 10.6. The molecule has 0 aliphatic carbocycles. The number of methoxy groups -OCH3 is 2. The van der Waals surface area contributed by atoms with Crippen molar-refractivity contribution in [3.8, 4) is 11.5 Å². The molecule has 1 heterocycles. The van der Waals surface area contributed by atoms with Gasteiger partial charge in [-0.15, -0.1) is 0 Å². The summed E-state index contributed by atoms with van der Waals surface area (Å²) in [5.74, 6) is 1.55. The molecule has 0 bridgehead atoms. The summed E-state index contributed by atoms with van der Waals surface area (Å²) in [6.45, 7) is 3.24. The monoisotopic (exact) mass is 307 g/mol. The van der Waals surface area contributed by atoms with E-state index in [-0.39, 0.29) is 17.9 Å². The Morgan fingerprint density at radius 3 is 2.77 bits per heavy atom. The number of carbonyl (C=O) groups is 1. The fraction of sp³-hybridized carbons (Fsp3) is 0.588. The molecule has 1 fully saturated rings. The highest BCUT2D eigenvalue weighted by molar-refractivity contribution is 5.79. The van der Waals surface area contributed by atoms with E-state index in [0.717, 1.165) is 36.5 Å². The first-order valence-electron chi connectivity index (χ1n) is 7.64. The van der Waals surface area contributed by atoms with Crippen LogP contribution in [-0.4, -0.2) is 44.8 Å². The van der Waals surface area contributed by atoms with Crippen molar-refractivity contribution in [2.45, 2.75) is 32.4 Å². The zero-order chi connectivity index (χ0) is 16.1. The summed E-state index contributed by atoms with van der Waals surface area (Å²) in [4.78, 5) is 14.4. The van der Waals surface area contributed by atoms with Crippen LogP contribution in [0.5, 0.6) is 11.5 Å². The first-order valence-corrected chi connectivity index (χ1v) is 7.64. The lowest BCUT2D eigenvalue weighted by Crippen LogP contribution is -2.40. The van der Waals surface area contributed by atoms with Gasteiger partial charge in [0, 0.05) is 31.8 Å². The molecular formula is C17H25NO4. The maximum Gasteiger partial charge on any atom is 0.228 e. The Bertz CT molecular complexity index is 517. The second kappa shape index (κ2) is 7.49. The SMILES string of the molecule is COc1ccc(CN(C)C(=O)[C@@H]2CCCO[C@H]2C)c(OC)c1. The minimum atomic E-state index is -0.0528. The zero-order valence-electron chi connectivity index (χ0n) is 13.8. The molecule has 0 aromatic heterocycles. The van der Waals surface area contributed by atoms with Crippen LogP contribution in [0.2, 0.25) is 0 Å². The van der Waals surface area contributed by atoms with Gasteiger partial charge >= 0.3 is 0 Å². The van der Waals surface area contributed by atoms with E-state index in [2.05, 4.69) is 0 Å². The van der Waals surface area contributed by atoms with Crippen molar-refractivity contribution in [2.75, 3.05) is 27.9 Å². The topological polar surface area (TPSA) is 48.0 Å². The molecule has 0 N–H and O–H groups in total. The molecule has 2 rings (SSSR count). The van der Waals surface area contributed by atoms with Crippen LogP contribution >= 0.6 is 0 Å². The molecule has 0 radical (unpaired) electrons. The second-order valence-corrected chi connectivity index (χ2v) is 5.70. The third-order valence-corrected chi connectivity index (χ3v) is 4.20. The average molecular weight is 307 g/mol. The fourth-order valence-electron chi connectivity index (χ4n) is 2.85. The van der Waals surface area contributed by atoms with Crippen LogP contribution in [0.1, 0.15) is 25.3 Å². The average Bonchev–Trinajstić information content (AvgIpc) is 2.55. The summed E-state index contributed by atoms with van der Waals surface area (Å²) < 4.78 is 16.2. The molecule has 22 heavy (non-hydrogen) atoms. The van der Waals surface area contributed by atoms with Crippen molar-refractivity contribution < 1.29 is 19.0 Å². The van der Waals surface area contributed by atoms with Gasteiger partial charge in [0.1, 0.15) is 11.5 Å². The highest BCUT2D eigenvalue weighted by Crippen LogP contribution is 2.27. The molecule has 5 nitrogen and oxygen atoms in total. The third kappa shape index (κ3) is 3.71. The van der Waals surface area contributed by atoms with Gasteiger partial charge in [-0.1, -0.05) is 0 Å². The largest absolute Gasteiger partial charge is 0.497 e. The minimum absolute atomic E-state index is 0.0125. The Balaban J connectivity index is 2.07. The summed E-state index contributed by atoms with van der Waals surface area (Å²) >= 11 is 0. The van der Waals surface area contributed by atoms with Crippen LogP contribution in [0.25, 0.3) is 0 Å². The first kappa shape index (κ1) is 16.6. The fourth-order valence-corrected chi connectivity index (χ4v) is 2.85. The Morgan fingerprint density at radius 1 is 1.36 bits per heavy atom. The predicted octanol–water partition coefficient (Wildman–Crippen LogP) is 2.48. The van der Waals surface area contributed by atoms with Crippen LogP contribution in [0.15, 0.2) is 18.2 Å². The summed E-state index contributed by atoms with van der Waals surface area (Å²) in [5.41, 5.74) is 0.962. The van der Waals surface area contributed by atoms with E-state index < -0.39 is 0 Å². The van der Waals surface area contributed by atoms with Crippen molar-refractivity contribution in [3.05, 3.63) is 23.8 Å². The van der Waals surface area contributed by atoms with Gasteiger partial charge in [0.15, 0.2) is 0 Å². The van der Waals surface area contributed by atoms with Gasteiger partial charge in [-0.05, 0) is 31.9 Å². The van der Waals surface area contributed by atoms with Crippen LogP contribution in [0, 0.1) is 5.92 Å². The van der Waals surface area contributed by atoms with Gasteiger partial charge in [-0.25, -0.2) is 0 Å². The summed E-state index contributed by atoms with van der Waals surface area (Å²) in [5, 5.41) is 0. The molecule has 1 saturated heterocycles. The lowest BCUT2D eigenvalue weighted by atomic mass is 9.94. The highest BCUT2D eigenvalue weighted by atomic mass is 16.5. The number of carbonyl (C=O) groups excluding carboxylic acids is 1.